The maximum atomic E-state index is 13.7. The summed E-state index contributed by atoms with van der Waals surface area (Å²) in [7, 11) is 9.48. The van der Waals surface area contributed by atoms with E-state index in [0.717, 1.165) is 44.3 Å². The average Bonchev–Trinajstić information content (AvgIpc) is 3.77. The van der Waals surface area contributed by atoms with Gasteiger partial charge in [0.25, 0.3) is 0 Å². The van der Waals surface area contributed by atoms with Crippen molar-refractivity contribution in [3.63, 3.8) is 0 Å². The van der Waals surface area contributed by atoms with Crippen LogP contribution in [0.5, 0.6) is 0 Å². The number of Topliss-reactive ketones (excluding diaryl/α,β-unsaturated/α-hetero) is 1. The number of aromatic nitrogens is 4. The minimum atomic E-state index is -0.403. The molecule has 0 aliphatic rings. The molecule has 0 saturated carbocycles. The van der Waals surface area contributed by atoms with Gasteiger partial charge in [-0.3, -0.25) is 19.4 Å². The Morgan fingerprint density at radius 1 is 0.692 bits per heavy atom. The van der Waals surface area contributed by atoms with Gasteiger partial charge in [0.2, 0.25) is 5.91 Å². The highest BCUT2D eigenvalue weighted by Crippen LogP contribution is 2.28. The average molecular weight is 695 g/mol. The zero-order valence-electron chi connectivity index (χ0n) is 30.6. The number of likely N-dealkylation sites (N-methyl/N-ethyl adjacent to an activating group) is 3. The number of nitrogens with one attached hydrogen (secondary N) is 2. The molecular formula is C42H46N8O2. The predicted octanol–water partition coefficient (Wildman–Crippen LogP) is 5.97. The molecule has 2 heterocycles. The first-order chi connectivity index (χ1) is 25.0. The predicted molar refractivity (Wildman–Crippen MR) is 207 cm³/mol. The molecular weight excluding hydrogens is 649 g/mol. The zero-order chi connectivity index (χ0) is 36.9. The second kappa shape index (κ2) is 15.7. The number of carbonyl (C=O) groups is 2. The molecule has 6 aromatic rings. The number of H-pyrrole nitrogens is 2. The summed E-state index contributed by atoms with van der Waals surface area (Å²) in [6.45, 7) is 2.27. The largest absolute Gasteiger partial charge is 0.342 e. The maximum absolute atomic E-state index is 13.7. The van der Waals surface area contributed by atoms with Crippen molar-refractivity contribution in [1.29, 1.82) is 0 Å². The van der Waals surface area contributed by atoms with E-state index in [-0.39, 0.29) is 36.1 Å². The van der Waals surface area contributed by atoms with Crippen molar-refractivity contribution in [3.05, 3.63) is 131 Å². The third-order valence-corrected chi connectivity index (χ3v) is 9.60. The SMILES string of the molecule is C[C@@H](c1nc2ccc(C#Cc3ccc4nc([C@H](CN)CC(=O)[C@@H](c5ccccc5)N(C)C)[nH]c4c3)cc2[nH]1)N(C)C(=O)[C@@H](c1ccccc1)N(C)C. The van der Waals surface area contributed by atoms with Gasteiger partial charge in [0, 0.05) is 37.1 Å². The molecule has 0 spiro atoms. The zero-order valence-corrected chi connectivity index (χ0v) is 30.6. The summed E-state index contributed by atoms with van der Waals surface area (Å²) in [6, 6.07) is 30.3. The van der Waals surface area contributed by atoms with Crippen molar-refractivity contribution in [2.45, 2.75) is 37.4 Å². The molecule has 4 aromatic carbocycles. The summed E-state index contributed by atoms with van der Waals surface area (Å²) in [5.74, 6) is 7.79. The molecule has 10 heteroatoms. The van der Waals surface area contributed by atoms with Gasteiger partial charge >= 0.3 is 0 Å². The van der Waals surface area contributed by atoms with Crippen LogP contribution in [0.4, 0.5) is 0 Å². The number of nitrogens with two attached hydrogens (primary N) is 1. The van der Waals surface area contributed by atoms with E-state index in [4.69, 9.17) is 15.7 Å². The first kappa shape index (κ1) is 36.2. The standard InChI is InChI=1S/C42H46N8O2/c1-27(50(6)42(52)39(49(4)5)31-15-11-8-12-16-31)40-44-33-21-19-28(23-35(33)46-40)17-18-29-20-22-34-36(24-29)47-41(45-34)32(26-43)25-37(51)38(48(2)3)30-13-9-7-10-14-30/h7-16,19-24,27,32,38-39H,25-26,43H2,1-6H3,(H,44,46)(H,45,47)/t27-,32-,38+,39+/m0/s1. The van der Waals surface area contributed by atoms with E-state index in [1.54, 1.807) is 4.90 Å². The van der Waals surface area contributed by atoms with Crippen LogP contribution in [0.1, 0.15) is 71.3 Å². The Bertz CT molecular complexity index is 2150. The van der Waals surface area contributed by atoms with Gasteiger partial charge < -0.3 is 20.6 Å². The number of aromatic amines is 2. The number of rotatable bonds is 12. The first-order valence-electron chi connectivity index (χ1n) is 17.5. The molecule has 0 unspecified atom stereocenters. The van der Waals surface area contributed by atoms with Crippen molar-refractivity contribution < 1.29 is 9.59 Å². The van der Waals surface area contributed by atoms with Gasteiger partial charge in [-0.25, -0.2) is 9.97 Å². The smallest absolute Gasteiger partial charge is 0.244 e. The Morgan fingerprint density at radius 2 is 1.17 bits per heavy atom. The number of ketones is 1. The van der Waals surface area contributed by atoms with Crippen molar-refractivity contribution in [1.82, 2.24) is 34.6 Å². The summed E-state index contributed by atoms with van der Waals surface area (Å²) in [5.41, 5.74) is 13.0. The molecule has 0 radical (unpaired) electrons. The van der Waals surface area contributed by atoms with E-state index < -0.39 is 6.04 Å². The van der Waals surface area contributed by atoms with Crippen LogP contribution in [-0.2, 0) is 9.59 Å². The van der Waals surface area contributed by atoms with Crippen LogP contribution in [0, 0.1) is 11.8 Å². The molecule has 0 fully saturated rings. The van der Waals surface area contributed by atoms with Crippen molar-refractivity contribution in [2.24, 2.45) is 5.73 Å². The van der Waals surface area contributed by atoms with Gasteiger partial charge in [0.1, 0.15) is 17.7 Å². The van der Waals surface area contributed by atoms with Crippen LogP contribution < -0.4 is 5.73 Å². The summed E-state index contributed by atoms with van der Waals surface area (Å²) >= 11 is 0. The lowest BCUT2D eigenvalue weighted by Crippen LogP contribution is -2.39. The molecule has 266 valence electrons. The monoisotopic (exact) mass is 694 g/mol. The normalized spacial score (nSPS) is 13.9. The minimum absolute atomic E-state index is 0.00914. The fourth-order valence-electron chi connectivity index (χ4n) is 6.67. The molecule has 10 nitrogen and oxygen atoms in total. The highest BCUT2D eigenvalue weighted by atomic mass is 16.2. The number of benzene rings is 4. The topological polar surface area (TPSA) is 127 Å². The number of fused-ring (bicyclic) bond motifs is 2. The molecule has 52 heavy (non-hydrogen) atoms. The Hall–Kier alpha value is -5.60. The van der Waals surface area contributed by atoms with Crippen molar-refractivity contribution >= 4 is 33.8 Å². The molecule has 4 N–H and O–H groups in total. The van der Waals surface area contributed by atoms with Gasteiger partial charge in [-0.1, -0.05) is 72.5 Å². The Morgan fingerprint density at radius 3 is 1.67 bits per heavy atom. The van der Waals surface area contributed by atoms with E-state index in [2.05, 4.69) is 21.8 Å². The quantitative estimate of drug-likeness (QED) is 0.135. The van der Waals surface area contributed by atoms with E-state index >= 15 is 0 Å². The fourth-order valence-corrected chi connectivity index (χ4v) is 6.67. The second-order valence-corrected chi connectivity index (χ2v) is 13.7. The van der Waals surface area contributed by atoms with Gasteiger partial charge in [-0.05, 0) is 82.6 Å². The molecule has 0 bridgehead atoms. The van der Waals surface area contributed by atoms with Gasteiger partial charge in [0.05, 0.1) is 34.2 Å². The Kier molecular flexibility index (Phi) is 11.0. The lowest BCUT2D eigenvalue weighted by atomic mass is 9.93. The maximum Gasteiger partial charge on any atom is 0.244 e. The number of carbonyl (C=O) groups excluding carboxylic acids is 2. The van der Waals surface area contributed by atoms with Gasteiger partial charge in [-0.2, -0.15) is 0 Å². The van der Waals surface area contributed by atoms with Crippen molar-refractivity contribution in [3.8, 4) is 11.8 Å². The Balaban J connectivity index is 1.16. The highest BCUT2D eigenvalue weighted by molar-refractivity contribution is 5.86. The minimum Gasteiger partial charge on any atom is -0.342 e. The number of nitrogens with zero attached hydrogens (tertiary/aromatic N) is 5. The van der Waals surface area contributed by atoms with Crippen LogP contribution in [0.3, 0.4) is 0 Å². The van der Waals surface area contributed by atoms with Crippen LogP contribution in [0.25, 0.3) is 22.1 Å². The summed E-state index contributed by atoms with van der Waals surface area (Å²) in [4.78, 5) is 49.2. The molecule has 1 amide bonds. The highest BCUT2D eigenvalue weighted by Gasteiger charge is 2.30. The van der Waals surface area contributed by atoms with Crippen molar-refractivity contribution in [2.75, 3.05) is 41.8 Å². The van der Waals surface area contributed by atoms with E-state index in [9.17, 15) is 9.59 Å². The van der Waals surface area contributed by atoms with Crippen LogP contribution >= 0.6 is 0 Å². The lowest BCUT2D eigenvalue weighted by Gasteiger charge is -2.31. The molecule has 4 atom stereocenters. The van der Waals surface area contributed by atoms with Crippen LogP contribution in [0.2, 0.25) is 0 Å². The number of hydrogen-bond donors (Lipinski definition) is 3. The third-order valence-electron chi connectivity index (χ3n) is 9.60. The molecule has 0 saturated heterocycles. The van der Waals surface area contributed by atoms with E-state index in [1.807, 2.05) is 149 Å². The Labute approximate surface area is 305 Å². The van der Waals surface area contributed by atoms with Gasteiger partial charge in [-0.15, -0.1) is 0 Å². The number of hydrogen-bond acceptors (Lipinski definition) is 7. The second-order valence-electron chi connectivity index (χ2n) is 13.7. The number of imidazole rings is 2. The third kappa shape index (κ3) is 7.82. The molecule has 0 aliphatic carbocycles. The van der Waals surface area contributed by atoms with E-state index in [1.165, 1.54) is 0 Å². The van der Waals surface area contributed by atoms with Gasteiger partial charge in [0.15, 0.2) is 5.78 Å². The summed E-state index contributed by atoms with van der Waals surface area (Å²) in [5, 5.41) is 0. The molecule has 2 aromatic heterocycles. The number of amides is 1. The van der Waals surface area contributed by atoms with E-state index in [0.29, 0.717) is 18.2 Å². The summed E-state index contributed by atoms with van der Waals surface area (Å²) < 4.78 is 0. The first-order valence-corrected chi connectivity index (χ1v) is 17.5. The fraction of sp³-hybridized carbons (Fsp3) is 0.286. The molecule has 0 aliphatic heterocycles. The summed E-state index contributed by atoms with van der Waals surface area (Å²) in [6.07, 6.45) is 0.272. The van der Waals surface area contributed by atoms with Crippen LogP contribution in [-0.4, -0.2) is 88.1 Å². The molecule has 6 rings (SSSR count). The van der Waals surface area contributed by atoms with Crippen LogP contribution in [0.15, 0.2) is 97.1 Å². The lowest BCUT2D eigenvalue weighted by molar-refractivity contribution is -0.137.